The first kappa shape index (κ1) is 7.94. The quantitative estimate of drug-likeness (QED) is 0.386. The minimum atomic E-state index is -0.398. The summed E-state index contributed by atoms with van der Waals surface area (Å²) in [6.07, 6.45) is 0.0890. The zero-order valence-corrected chi connectivity index (χ0v) is 5.05. The second kappa shape index (κ2) is 5.08. The highest BCUT2D eigenvalue weighted by atomic mass is 16.5. The standard InChI is InChI=1S/C5H7O4/c1-8-5(7)2-3-9-4-6/h2-3H2,1H3. The second-order valence-corrected chi connectivity index (χ2v) is 1.26. The Morgan fingerprint density at radius 1 is 1.67 bits per heavy atom. The van der Waals surface area contributed by atoms with E-state index in [1.165, 1.54) is 13.6 Å². The van der Waals surface area contributed by atoms with Gasteiger partial charge in [-0.15, -0.1) is 0 Å². The third-order valence-electron chi connectivity index (χ3n) is 0.695. The number of hydrogen-bond donors (Lipinski definition) is 0. The third-order valence-corrected chi connectivity index (χ3v) is 0.695. The van der Waals surface area contributed by atoms with Gasteiger partial charge in [-0.25, -0.2) is 4.79 Å². The molecule has 0 rings (SSSR count). The first-order chi connectivity index (χ1) is 4.31. The molecule has 0 saturated carbocycles. The van der Waals surface area contributed by atoms with Crippen molar-refractivity contribution in [3.05, 3.63) is 0 Å². The second-order valence-electron chi connectivity index (χ2n) is 1.26. The largest absolute Gasteiger partial charge is 0.469 e. The van der Waals surface area contributed by atoms with E-state index in [0.29, 0.717) is 0 Å². The van der Waals surface area contributed by atoms with E-state index in [1.807, 2.05) is 0 Å². The summed E-state index contributed by atoms with van der Waals surface area (Å²) >= 11 is 0. The molecule has 0 fully saturated rings. The van der Waals surface area contributed by atoms with Crippen LogP contribution in [0.4, 0.5) is 0 Å². The molecule has 0 aliphatic heterocycles. The van der Waals surface area contributed by atoms with E-state index in [9.17, 15) is 9.59 Å². The smallest absolute Gasteiger partial charge is 0.417 e. The van der Waals surface area contributed by atoms with Crippen molar-refractivity contribution < 1.29 is 19.1 Å². The molecule has 0 atom stereocenters. The lowest BCUT2D eigenvalue weighted by Gasteiger charge is -1.94. The van der Waals surface area contributed by atoms with E-state index >= 15 is 0 Å². The summed E-state index contributed by atoms with van der Waals surface area (Å²) in [6, 6.07) is 0. The number of carbonyl (C=O) groups is 1. The van der Waals surface area contributed by atoms with Gasteiger partial charge >= 0.3 is 12.4 Å². The van der Waals surface area contributed by atoms with Gasteiger partial charge in [0.2, 0.25) is 0 Å². The minimum absolute atomic E-state index is 0.0379. The minimum Gasteiger partial charge on any atom is -0.469 e. The molecule has 0 saturated heterocycles. The molecule has 0 aromatic heterocycles. The monoisotopic (exact) mass is 131 g/mol. The number of hydrogen-bond acceptors (Lipinski definition) is 4. The normalized spacial score (nSPS) is 8.11. The van der Waals surface area contributed by atoms with Crippen molar-refractivity contribution in [1.29, 1.82) is 0 Å². The molecule has 1 radical (unpaired) electrons. The summed E-state index contributed by atoms with van der Waals surface area (Å²) in [5.74, 6) is -0.398. The van der Waals surface area contributed by atoms with E-state index < -0.39 is 5.97 Å². The molecule has 0 aromatic rings. The van der Waals surface area contributed by atoms with Crippen LogP contribution in [0.3, 0.4) is 0 Å². The van der Waals surface area contributed by atoms with Crippen LogP contribution >= 0.6 is 0 Å². The van der Waals surface area contributed by atoms with E-state index in [4.69, 9.17) is 0 Å². The van der Waals surface area contributed by atoms with Crippen LogP contribution in [0, 0.1) is 0 Å². The predicted octanol–water partition coefficient (Wildman–Crippen LogP) is -0.367. The zero-order chi connectivity index (χ0) is 7.11. The van der Waals surface area contributed by atoms with Gasteiger partial charge in [-0.2, -0.15) is 0 Å². The average molecular weight is 131 g/mol. The van der Waals surface area contributed by atoms with Crippen molar-refractivity contribution in [2.45, 2.75) is 6.42 Å². The van der Waals surface area contributed by atoms with Crippen molar-refractivity contribution in [1.82, 2.24) is 0 Å². The van der Waals surface area contributed by atoms with Crippen LogP contribution in [-0.2, 0) is 19.1 Å². The van der Waals surface area contributed by atoms with Crippen LogP contribution in [0.5, 0.6) is 0 Å². The maximum absolute atomic E-state index is 10.3. The van der Waals surface area contributed by atoms with Gasteiger partial charge in [0.25, 0.3) is 0 Å². The molecule has 0 unspecified atom stereocenters. The highest BCUT2D eigenvalue weighted by Gasteiger charge is 1.97. The highest BCUT2D eigenvalue weighted by Crippen LogP contribution is 1.82. The molecule has 0 amide bonds. The molecular weight excluding hydrogens is 124 g/mol. The Morgan fingerprint density at radius 3 is 2.78 bits per heavy atom. The Hall–Kier alpha value is -1.06. The Balaban J connectivity index is 3.06. The Morgan fingerprint density at radius 2 is 2.33 bits per heavy atom. The van der Waals surface area contributed by atoms with Crippen molar-refractivity contribution in [2.24, 2.45) is 0 Å². The van der Waals surface area contributed by atoms with E-state index in [-0.39, 0.29) is 13.0 Å². The van der Waals surface area contributed by atoms with Gasteiger partial charge in [0.15, 0.2) is 0 Å². The van der Waals surface area contributed by atoms with Crippen LogP contribution in [-0.4, -0.2) is 26.2 Å². The third kappa shape index (κ3) is 4.80. The SMILES string of the molecule is COC(=O)CCO[C]=O. The molecule has 9 heavy (non-hydrogen) atoms. The lowest BCUT2D eigenvalue weighted by Crippen LogP contribution is -2.04. The van der Waals surface area contributed by atoms with Crippen LogP contribution in [0.15, 0.2) is 0 Å². The molecule has 0 bridgehead atoms. The van der Waals surface area contributed by atoms with Crippen LogP contribution in [0.25, 0.3) is 0 Å². The van der Waals surface area contributed by atoms with E-state index in [1.54, 1.807) is 0 Å². The number of ether oxygens (including phenoxy) is 2. The molecule has 51 valence electrons. The molecule has 0 spiro atoms. The van der Waals surface area contributed by atoms with E-state index in [2.05, 4.69) is 9.47 Å². The molecule has 0 heterocycles. The van der Waals surface area contributed by atoms with Crippen molar-refractivity contribution in [3.63, 3.8) is 0 Å². The first-order valence-corrected chi connectivity index (χ1v) is 2.37. The molecule has 0 aliphatic carbocycles. The topological polar surface area (TPSA) is 52.6 Å². The molecule has 4 heteroatoms. The summed E-state index contributed by atoms with van der Waals surface area (Å²) in [6.45, 7) is 1.23. The Labute approximate surface area is 52.7 Å². The van der Waals surface area contributed by atoms with Crippen LogP contribution < -0.4 is 0 Å². The summed E-state index contributed by atoms with van der Waals surface area (Å²) < 4.78 is 8.35. The number of carbonyl (C=O) groups excluding carboxylic acids is 2. The predicted molar refractivity (Wildman–Crippen MR) is 28.3 cm³/mol. The van der Waals surface area contributed by atoms with Gasteiger partial charge in [0.1, 0.15) is 6.61 Å². The summed E-state index contributed by atoms with van der Waals surface area (Å²) in [7, 11) is 1.27. The van der Waals surface area contributed by atoms with Gasteiger partial charge < -0.3 is 9.47 Å². The number of rotatable bonds is 4. The van der Waals surface area contributed by atoms with Gasteiger partial charge in [0.05, 0.1) is 13.5 Å². The molecular formula is C5H7O4. The maximum atomic E-state index is 10.3. The number of methoxy groups -OCH3 is 1. The molecule has 0 aliphatic rings. The fraction of sp³-hybridized carbons (Fsp3) is 0.600. The van der Waals surface area contributed by atoms with Crippen molar-refractivity contribution >= 4 is 12.4 Å². The summed E-state index contributed by atoms with van der Waals surface area (Å²) in [5, 5.41) is 0. The fourth-order valence-corrected chi connectivity index (χ4v) is 0.278. The van der Waals surface area contributed by atoms with Crippen LogP contribution in [0.1, 0.15) is 6.42 Å². The molecule has 0 N–H and O–H groups in total. The van der Waals surface area contributed by atoms with Crippen molar-refractivity contribution in [3.8, 4) is 0 Å². The van der Waals surface area contributed by atoms with Gasteiger partial charge in [-0.1, -0.05) is 0 Å². The van der Waals surface area contributed by atoms with Gasteiger partial charge in [-0.05, 0) is 0 Å². The highest BCUT2D eigenvalue weighted by molar-refractivity contribution is 5.69. The maximum Gasteiger partial charge on any atom is 0.417 e. The average Bonchev–Trinajstić information content (AvgIpc) is 1.89. The van der Waals surface area contributed by atoms with E-state index in [0.717, 1.165) is 0 Å². The zero-order valence-electron chi connectivity index (χ0n) is 5.05. The van der Waals surface area contributed by atoms with Crippen molar-refractivity contribution in [2.75, 3.05) is 13.7 Å². The first-order valence-electron chi connectivity index (χ1n) is 2.37. The molecule has 4 nitrogen and oxygen atoms in total. The Kier molecular flexibility index (Phi) is 4.49. The molecule has 0 aromatic carbocycles. The lowest BCUT2D eigenvalue weighted by molar-refractivity contribution is -0.141. The Bertz CT molecular complexity index is 99.1. The number of esters is 1. The van der Waals surface area contributed by atoms with Crippen LogP contribution in [0.2, 0.25) is 0 Å². The van der Waals surface area contributed by atoms with Gasteiger partial charge in [-0.3, -0.25) is 4.79 Å². The van der Waals surface area contributed by atoms with Gasteiger partial charge in [0, 0.05) is 0 Å². The summed E-state index contributed by atoms with van der Waals surface area (Å²) in [5.41, 5.74) is 0. The lowest BCUT2D eigenvalue weighted by atomic mass is 10.5. The summed E-state index contributed by atoms with van der Waals surface area (Å²) in [4.78, 5) is 19.6. The fourth-order valence-electron chi connectivity index (χ4n) is 0.278.